The van der Waals surface area contributed by atoms with Gasteiger partial charge in [-0.3, -0.25) is 0 Å². The molecule has 0 spiro atoms. The lowest BCUT2D eigenvalue weighted by Crippen LogP contribution is -2.30. The molecule has 3 unspecified atom stereocenters. The lowest BCUT2D eigenvalue weighted by atomic mass is 9.95. The van der Waals surface area contributed by atoms with Crippen LogP contribution >= 0.6 is 0 Å². The van der Waals surface area contributed by atoms with Crippen LogP contribution in [0.5, 0.6) is 0 Å². The number of hydrogen-bond donors (Lipinski definition) is 2. The largest absolute Gasteiger partial charge is 0.480 e. The number of carboxylic acid groups (broad SMARTS) is 2. The molecule has 0 aliphatic heterocycles. The number of nitrogens with zero attached hydrogens (tertiary/aromatic N) is 2. The van der Waals surface area contributed by atoms with Crippen LogP contribution in [0.15, 0.2) is 10.4 Å². The molecular formula is C7H10N2O6. The molecule has 0 heterocycles. The summed E-state index contributed by atoms with van der Waals surface area (Å²) >= 11 is 0. The maximum Gasteiger partial charge on any atom is 0.332 e. The monoisotopic (exact) mass is 218 g/mol. The molecule has 2 N–H and O–H groups in total. The fourth-order valence-electron chi connectivity index (χ4n) is 1.06. The Bertz CT molecular complexity index is 279. The predicted molar refractivity (Wildman–Crippen MR) is 48.2 cm³/mol. The normalized spacial score (nSPS) is 16.1. The quantitative estimate of drug-likeness (QED) is 0.596. The fourth-order valence-corrected chi connectivity index (χ4v) is 1.06. The van der Waals surface area contributed by atoms with Gasteiger partial charge in [-0.05, 0) is 12.3 Å². The average molecular weight is 218 g/mol. The Balaban J connectivity index is 4.50. The van der Waals surface area contributed by atoms with E-state index in [9.17, 15) is 19.4 Å². The first-order chi connectivity index (χ1) is 6.93. The molecule has 0 bridgehead atoms. The lowest BCUT2D eigenvalue weighted by Gasteiger charge is -2.14. The molecule has 15 heavy (non-hydrogen) atoms. The van der Waals surface area contributed by atoms with Crippen molar-refractivity contribution in [3.8, 4) is 0 Å². The molecule has 0 saturated heterocycles. The molecule has 8 heteroatoms. The first-order valence-corrected chi connectivity index (χ1v) is 4.04. The topological polar surface area (TPSA) is 133 Å². The third-order valence-corrected chi connectivity index (χ3v) is 1.91. The van der Waals surface area contributed by atoms with E-state index >= 15 is 0 Å². The zero-order valence-electron chi connectivity index (χ0n) is 7.86. The molecule has 84 valence electrons. The lowest BCUT2D eigenvalue weighted by molar-refractivity contribution is -0.142. The van der Waals surface area contributed by atoms with E-state index in [-0.39, 0.29) is 6.42 Å². The Morgan fingerprint density at radius 2 is 1.67 bits per heavy atom. The summed E-state index contributed by atoms with van der Waals surface area (Å²) in [7, 11) is 0. The second-order valence-electron chi connectivity index (χ2n) is 3.06. The van der Waals surface area contributed by atoms with Crippen molar-refractivity contribution in [2.24, 2.45) is 16.3 Å². The van der Waals surface area contributed by atoms with Crippen LogP contribution < -0.4 is 0 Å². The van der Waals surface area contributed by atoms with E-state index in [0.717, 1.165) is 0 Å². The minimum absolute atomic E-state index is 0.332. The van der Waals surface area contributed by atoms with Crippen LogP contribution in [0, 0.1) is 15.7 Å². The molecule has 0 saturated carbocycles. The molecule has 0 aliphatic rings. The molecule has 0 aliphatic carbocycles. The fraction of sp³-hybridized carbons (Fsp3) is 0.714. The minimum atomic E-state index is -1.56. The summed E-state index contributed by atoms with van der Waals surface area (Å²) in [5.41, 5.74) is 0. The molecule has 0 aromatic rings. The van der Waals surface area contributed by atoms with Gasteiger partial charge in [0.15, 0.2) is 12.1 Å². The molecule has 0 aromatic heterocycles. The molecule has 0 amide bonds. The van der Waals surface area contributed by atoms with Crippen molar-refractivity contribution in [2.45, 2.75) is 25.4 Å². The highest BCUT2D eigenvalue weighted by molar-refractivity contribution is 5.75. The van der Waals surface area contributed by atoms with Crippen LogP contribution in [0.3, 0.4) is 0 Å². The maximum atomic E-state index is 10.5. The van der Waals surface area contributed by atoms with Gasteiger partial charge in [0.1, 0.15) is 0 Å². The third-order valence-electron chi connectivity index (χ3n) is 1.91. The van der Waals surface area contributed by atoms with Crippen molar-refractivity contribution in [3.05, 3.63) is 9.81 Å². The zero-order chi connectivity index (χ0) is 12.0. The summed E-state index contributed by atoms with van der Waals surface area (Å²) in [6.07, 6.45) is -0.332. The van der Waals surface area contributed by atoms with Crippen molar-refractivity contribution in [1.29, 1.82) is 0 Å². The first-order valence-electron chi connectivity index (χ1n) is 4.04. The maximum absolute atomic E-state index is 10.5. The van der Waals surface area contributed by atoms with Crippen molar-refractivity contribution >= 4 is 11.9 Å². The molecule has 3 atom stereocenters. The number of hydrogen-bond acceptors (Lipinski definition) is 6. The van der Waals surface area contributed by atoms with E-state index < -0.39 is 29.9 Å². The molecular weight excluding hydrogens is 208 g/mol. The number of aliphatic carboxylic acids is 2. The first kappa shape index (κ1) is 13.1. The van der Waals surface area contributed by atoms with Gasteiger partial charge < -0.3 is 10.2 Å². The van der Waals surface area contributed by atoms with Gasteiger partial charge in [0.2, 0.25) is 0 Å². The molecule has 0 radical (unpaired) electrons. The van der Waals surface area contributed by atoms with E-state index in [1.807, 2.05) is 0 Å². The number of nitroso groups, excluding NO2 is 2. The molecule has 0 rings (SSSR count). The van der Waals surface area contributed by atoms with E-state index in [2.05, 4.69) is 10.4 Å². The Labute approximate surface area is 84.2 Å². The van der Waals surface area contributed by atoms with Gasteiger partial charge in [0.25, 0.3) is 0 Å². The van der Waals surface area contributed by atoms with Gasteiger partial charge in [0, 0.05) is 0 Å². The summed E-state index contributed by atoms with van der Waals surface area (Å²) < 4.78 is 0. The van der Waals surface area contributed by atoms with Crippen molar-refractivity contribution in [2.75, 3.05) is 0 Å². The summed E-state index contributed by atoms with van der Waals surface area (Å²) in [5.74, 6) is -3.77. The van der Waals surface area contributed by atoms with Gasteiger partial charge in [-0.1, -0.05) is 17.3 Å². The molecule has 8 nitrogen and oxygen atoms in total. The summed E-state index contributed by atoms with van der Waals surface area (Å²) in [6.45, 7) is 1.32. The zero-order valence-corrected chi connectivity index (χ0v) is 7.86. The highest BCUT2D eigenvalue weighted by Crippen LogP contribution is 2.16. The van der Waals surface area contributed by atoms with Crippen LogP contribution in [0.1, 0.15) is 13.3 Å². The summed E-state index contributed by atoms with van der Waals surface area (Å²) in [5, 5.41) is 21.6. The van der Waals surface area contributed by atoms with Crippen LogP contribution in [-0.4, -0.2) is 34.2 Å². The van der Waals surface area contributed by atoms with Crippen LogP contribution in [0.2, 0.25) is 0 Å². The Morgan fingerprint density at radius 3 is 1.93 bits per heavy atom. The van der Waals surface area contributed by atoms with Crippen LogP contribution in [0.4, 0.5) is 0 Å². The van der Waals surface area contributed by atoms with Gasteiger partial charge in [0.05, 0.1) is 0 Å². The Morgan fingerprint density at radius 1 is 1.13 bits per heavy atom. The van der Waals surface area contributed by atoms with E-state index in [0.29, 0.717) is 0 Å². The van der Waals surface area contributed by atoms with Crippen LogP contribution in [0.25, 0.3) is 0 Å². The minimum Gasteiger partial charge on any atom is -0.480 e. The molecule has 0 aromatic carbocycles. The Kier molecular flexibility index (Phi) is 5.07. The number of rotatable bonds is 7. The van der Waals surface area contributed by atoms with E-state index in [1.54, 1.807) is 0 Å². The SMILES string of the molecule is CC(CC(N=O)C(=O)O)C(N=O)C(=O)O. The second-order valence-corrected chi connectivity index (χ2v) is 3.06. The van der Waals surface area contributed by atoms with Gasteiger partial charge in [-0.15, -0.1) is 9.81 Å². The van der Waals surface area contributed by atoms with E-state index in [4.69, 9.17) is 10.2 Å². The summed E-state index contributed by atoms with van der Waals surface area (Å²) in [6, 6.07) is -3.11. The van der Waals surface area contributed by atoms with Crippen molar-refractivity contribution in [1.82, 2.24) is 0 Å². The highest BCUT2D eigenvalue weighted by atomic mass is 16.4. The Hall–Kier alpha value is -1.86. The highest BCUT2D eigenvalue weighted by Gasteiger charge is 2.31. The van der Waals surface area contributed by atoms with Crippen molar-refractivity contribution in [3.63, 3.8) is 0 Å². The predicted octanol–water partition coefficient (Wildman–Crippen LogP) is 0.452. The summed E-state index contributed by atoms with van der Waals surface area (Å²) in [4.78, 5) is 41.1. The van der Waals surface area contributed by atoms with Gasteiger partial charge in [-0.25, -0.2) is 9.59 Å². The van der Waals surface area contributed by atoms with Crippen LogP contribution in [-0.2, 0) is 9.59 Å². The third kappa shape index (κ3) is 3.79. The van der Waals surface area contributed by atoms with Gasteiger partial charge in [-0.2, -0.15) is 0 Å². The number of carbonyl (C=O) groups is 2. The van der Waals surface area contributed by atoms with E-state index in [1.165, 1.54) is 6.92 Å². The standard InChI is InChI=1S/C7H10N2O6/c1-3(5(9-15)7(12)13)2-4(8-14)6(10)11/h3-5H,2H2,1H3,(H,10,11)(H,12,13). The van der Waals surface area contributed by atoms with Crippen molar-refractivity contribution < 1.29 is 19.8 Å². The second kappa shape index (κ2) is 5.78. The number of carboxylic acids is 2. The smallest absolute Gasteiger partial charge is 0.332 e. The average Bonchev–Trinajstić information content (AvgIpc) is 2.14. The van der Waals surface area contributed by atoms with Gasteiger partial charge >= 0.3 is 11.9 Å². The molecule has 0 fully saturated rings.